The Labute approximate surface area is 163 Å². The van der Waals surface area contributed by atoms with E-state index in [0.29, 0.717) is 5.92 Å². The van der Waals surface area contributed by atoms with Crippen molar-refractivity contribution in [3.05, 3.63) is 94.1 Å². The van der Waals surface area contributed by atoms with Crippen LogP contribution >= 0.6 is 11.3 Å². The smallest absolute Gasteiger partial charge is 0.195 e. The van der Waals surface area contributed by atoms with Crippen LogP contribution in [0.5, 0.6) is 0 Å². The molecule has 27 heavy (non-hydrogen) atoms. The quantitative estimate of drug-likeness (QED) is 0.299. The molecule has 4 rings (SSSR count). The lowest BCUT2D eigenvalue weighted by Gasteiger charge is -2.07. The number of hydrogen-bond donors (Lipinski definition) is 0. The van der Waals surface area contributed by atoms with Crippen LogP contribution in [0.15, 0.2) is 77.6 Å². The zero-order valence-electron chi connectivity index (χ0n) is 15.7. The number of carbonyl (C=O) groups is 1. The molecule has 0 aliphatic heterocycles. The van der Waals surface area contributed by atoms with Crippen molar-refractivity contribution in [3.8, 4) is 0 Å². The second-order valence-corrected chi connectivity index (χ2v) is 7.84. The normalized spacial score (nSPS) is 10.7. The van der Waals surface area contributed by atoms with E-state index < -0.39 is 0 Å². The van der Waals surface area contributed by atoms with Gasteiger partial charge in [-0.2, -0.15) is 0 Å². The highest BCUT2D eigenvalue weighted by Crippen LogP contribution is 2.26. The van der Waals surface area contributed by atoms with Crippen molar-refractivity contribution in [1.82, 2.24) is 0 Å². The van der Waals surface area contributed by atoms with E-state index in [4.69, 9.17) is 0 Å². The van der Waals surface area contributed by atoms with Gasteiger partial charge in [0, 0.05) is 25.7 Å². The Morgan fingerprint density at radius 3 is 2.07 bits per heavy atom. The average molecular weight is 375 g/mol. The molecule has 3 aromatic carbocycles. The fraction of sp³-hybridized carbons (Fsp3) is 0.167. The highest BCUT2D eigenvalue weighted by atomic mass is 32.1. The molecule has 136 valence electrons. The highest BCUT2D eigenvalue weighted by molar-refractivity contribution is 7.24. The largest absolute Gasteiger partial charge is 0.295 e. The monoisotopic (exact) mass is 374 g/mol. The first-order valence-electron chi connectivity index (χ1n) is 8.99. The van der Waals surface area contributed by atoms with Crippen molar-refractivity contribution in [2.24, 2.45) is 0 Å². The molecule has 0 spiro atoms. The summed E-state index contributed by atoms with van der Waals surface area (Å²) in [5, 5.41) is 1.68. The van der Waals surface area contributed by atoms with Crippen LogP contribution in [-0.2, 0) is 0 Å². The van der Waals surface area contributed by atoms with E-state index in [1.807, 2.05) is 60.7 Å². The van der Waals surface area contributed by atoms with Gasteiger partial charge in [0.25, 0.3) is 0 Å². The van der Waals surface area contributed by atoms with E-state index in [1.54, 1.807) is 18.3 Å². The number of benzene rings is 3. The molecule has 1 aromatic heterocycles. The van der Waals surface area contributed by atoms with Crippen LogP contribution in [-0.4, -0.2) is 5.78 Å². The molecule has 0 aliphatic rings. The molecule has 0 atom stereocenters. The number of Topliss-reactive ketones (excluding diaryl/α,β-unsaturated/α-hetero) is 1. The first kappa shape index (κ1) is 19.0. The lowest BCUT2D eigenvalue weighted by Crippen LogP contribution is -2.01. The predicted octanol–water partition coefficient (Wildman–Crippen LogP) is 6.43. The second-order valence-electron chi connectivity index (χ2n) is 6.76. The minimum Gasteiger partial charge on any atom is -0.295 e. The molecule has 2 nitrogen and oxygen atoms in total. The van der Waals surface area contributed by atoms with E-state index in [2.05, 4.69) is 26.0 Å². The van der Waals surface area contributed by atoms with Crippen LogP contribution in [0.4, 0.5) is 0 Å². The molecular weight excluding hydrogens is 352 g/mol. The van der Waals surface area contributed by atoms with E-state index in [0.717, 1.165) is 25.7 Å². The first-order valence-corrected chi connectivity index (χ1v) is 9.80. The topological polar surface area (TPSA) is 34.1 Å². The van der Waals surface area contributed by atoms with Gasteiger partial charge in [0.2, 0.25) is 0 Å². The van der Waals surface area contributed by atoms with Crippen molar-refractivity contribution < 1.29 is 4.79 Å². The standard InChI is InChI=1S/C16H14OS.C8H8O/c1-10(2)11-7-8-15-13(9-11)16(17)12-5-3-4-6-14(12)18-15;1-7(9)8-5-3-2-4-6-8/h3-10H,1-2H3;2-6H,1H3. The summed E-state index contributed by atoms with van der Waals surface area (Å²) in [5.74, 6) is 0.570. The van der Waals surface area contributed by atoms with Crippen LogP contribution in [0, 0.1) is 0 Å². The maximum atomic E-state index is 12.5. The summed E-state index contributed by atoms with van der Waals surface area (Å²) in [6.07, 6.45) is 0. The van der Waals surface area contributed by atoms with Crippen LogP contribution in [0.1, 0.15) is 42.6 Å². The molecule has 0 saturated heterocycles. The van der Waals surface area contributed by atoms with Crippen LogP contribution < -0.4 is 5.43 Å². The predicted molar refractivity (Wildman–Crippen MR) is 116 cm³/mol. The van der Waals surface area contributed by atoms with Crippen molar-refractivity contribution in [3.63, 3.8) is 0 Å². The molecule has 0 radical (unpaired) electrons. The molecule has 3 heteroatoms. The molecule has 0 N–H and O–H groups in total. The second kappa shape index (κ2) is 8.28. The molecule has 0 aliphatic carbocycles. The summed E-state index contributed by atoms with van der Waals surface area (Å²) in [5.41, 5.74) is 2.15. The third kappa shape index (κ3) is 4.32. The minimum absolute atomic E-state index is 0.121. The maximum absolute atomic E-state index is 12.5. The average Bonchev–Trinajstić information content (AvgIpc) is 2.69. The number of ketones is 1. The molecule has 4 aromatic rings. The number of rotatable bonds is 2. The van der Waals surface area contributed by atoms with Gasteiger partial charge in [-0.1, -0.05) is 62.4 Å². The van der Waals surface area contributed by atoms with Crippen molar-refractivity contribution in [2.45, 2.75) is 26.7 Å². The highest BCUT2D eigenvalue weighted by Gasteiger charge is 2.07. The van der Waals surface area contributed by atoms with Crippen molar-refractivity contribution in [2.75, 3.05) is 0 Å². The zero-order chi connectivity index (χ0) is 19.4. The van der Waals surface area contributed by atoms with Gasteiger partial charge in [-0.15, -0.1) is 11.3 Å². The Kier molecular flexibility index (Phi) is 5.82. The van der Waals surface area contributed by atoms with E-state index >= 15 is 0 Å². The molecule has 0 amide bonds. The summed E-state index contributed by atoms with van der Waals surface area (Å²) < 4.78 is 2.13. The summed E-state index contributed by atoms with van der Waals surface area (Å²) >= 11 is 1.69. The first-order chi connectivity index (χ1) is 13.0. The van der Waals surface area contributed by atoms with Gasteiger partial charge in [-0.3, -0.25) is 9.59 Å². The molecule has 0 bridgehead atoms. The van der Waals surface area contributed by atoms with Gasteiger partial charge in [0.15, 0.2) is 11.2 Å². The zero-order valence-corrected chi connectivity index (χ0v) is 16.5. The summed E-state index contributed by atoms with van der Waals surface area (Å²) in [6, 6.07) is 23.3. The van der Waals surface area contributed by atoms with E-state index in [-0.39, 0.29) is 11.2 Å². The Hall–Kier alpha value is -2.78. The molecule has 0 fully saturated rings. The number of fused-ring (bicyclic) bond motifs is 2. The summed E-state index contributed by atoms with van der Waals surface area (Å²) in [4.78, 5) is 23.1. The molecule has 0 saturated carbocycles. The number of hydrogen-bond acceptors (Lipinski definition) is 3. The SMILES string of the molecule is CC(=O)c1ccccc1.CC(C)c1ccc2sc3ccccc3c(=O)c2c1. The van der Waals surface area contributed by atoms with Gasteiger partial charge in [0.05, 0.1) is 0 Å². The lowest BCUT2D eigenvalue weighted by atomic mass is 10.0. The van der Waals surface area contributed by atoms with Crippen molar-refractivity contribution in [1.29, 1.82) is 0 Å². The molecule has 1 heterocycles. The Balaban J connectivity index is 0.000000197. The fourth-order valence-electron chi connectivity index (χ4n) is 2.85. The van der Waals surface area contributed by atoms with Crippen LogP contribution in [0.25, 0.3) is 20.2 Å². The van der Waals surface area contributed by atoms with Gasteiger partial charge in [-0.05, 0) is 42.7 Å². The Bertz CT molecular complexity index is 1140. The van der Waals surface area contributed by atoms with Gasteiger partial charge in [0.1, 0.15) is 0 Å². The van der Waals surface area contributed by atoms with Crippen LogP contribution in [0.2, 0.25) is 0 Å². The lowest BCUT2D eigenvalue weighted by molar-refractivity contribution is 0.101. The van der Waals surface area contributed by atoms with Crippen LogP contribution in [0.3, 0.4) is 0 Å². The fourth-order valence-corrected chi connectivity index (χ4v) is 3.90. The Morgan fingerprint density at radius 2 is 1.44 bits per heavy atom. The van der Waals surface area contributed by atoms with E-state index in [1.165, 1.54) is 5.56 Å². The third-order valence-corrected chi connectivity index (χ3v) is 5.60. The van der Waals surface area contributed by atoms with Gasteiger partial charge in [-0.25, -0.2) is 0 Å². The van der Waals surface area contributed by atoms with E-state index in [9.17, 15) is 9.59 Å². The number of carbonyl (C=O) groups excluding carboxylic acids is 1. The summed E-state index contributed by atoms with van der Waals surface area (Å²) in [7, 11) is 0. The molecule has 0 unspecified atom stereocenters. The van der Waals surface area contributed by atoms with Gasteiger partial charge < -0.3 is 0 Å². The Morgan fingerprint density at radius 1 is 0.815 bits per heavy atom. The third-order valence-electron chi connectivity index (χ3n) is 4.45. The molecular formula is C24H22O2S. The maximum Gasteiger partial charge on any atom is 0.195 e. The van der Waals surface area contributed by atoms with Gasteiger partial charge >= 0.3 is 0 Å². The van der Waals surface area contributed by atoms with Crippen molar-refractivity contribution >= 4 is 37.3 Å². The summed E-state index contributed by atoms with van der Waals surface area (Å²) in [6.45, 7) is 5.86. The minimum atomic E-state index is 0.121.